The Kier molecular flexibility index (Phi) is 5.38. The summed E-state index contributed by atoms with van der Waals surface area (Å²) in [4.78, 5) is 26.2. The van der Waals surface area contributed by atoms with Crippen LogP contribution in [-0.2, 0) is 11.3 Å². The number of fused-ring (bicyclic) bond motifs is 1. The molecule has 5 nitrogen and oxygen atoms in total. The maximum absolute atomic E-state index is 12.6. The number of rotatable bonds is 5. The molecule has 0 aliphatic heterocycles. The normalized spacial score (nSPS) is 12.1. The van der Waals surface area contributed by atoms with Crippen LogP contribution in [0.3, 0.4) is 0 Å². The lowest BCUT2D eigenvalue weighted by Crippen LogP contribution is -2.30. The van der Waals surface area contributed by atoms with Crippen molar-refractivity contribution in [3.8, 4) is 0 Å². The predicted molar refractivity (Wildman–Crippen MR) is 103 cm³/mol. The average molecular weight is 370 g/mol. The monoisotopic (exact) mass is 369 g/mol. The van der Waals surface area contributed by atoms with Gasteiger partial charge in [-0.3, -0.25) is 14.3 Å². The summed E-state index contributed by atoms with van der Waals surface area (Å²) in [5, 5.41) is 5.45. The van der Waals surface area contributed by atoms with E-state index in [4.69, 9.17) is 11.6 Å². The number of hydrogen-bond donors (Lipinski definition) is 0. The van der Waals surface area contributed by atoms with Crippen molar-refractivity contribution in [2.24, 2.45) is 0 Å². The van der Waals surface area contributed by atoms with Crippen molar-refractivity contribution in [3.63, 3.8) is 0 Å². The molecule has 0 N–H and O–H groups in total. The van der Waals surface area contributed by atoms with Crippen LogP contribution in [0.1, 0.15) is 24.9 Å². The first-order valence-electron chi connectivity index (χ1n) is 8.43. The van der Waals surface area contributed by atoms with E-state index in [9.17, 15) is 9.59 Å². The molecule has 0 spiro atoms. The van der Waals surface area contributed by atoms with E-state index in [1.807, 2.05) is 49.4 Å². The van der Waals surface area contributed by atoms with Crippen molar-refractivity contribution in [1.29, 1.82) is 0 Å². The molecule has 2 aromatic carbocycles. The minimum absolute atomic E-state index is 0.0111. The van der Waals surface area contributed by atoms with Crippen molar-refractivity contribution in [2.75, 3.05) is 7.05 Å². The van der Waals surface area contributed by atoms with Crippen LogP contribution in [0.4, 0.5) is 0 Å². The van der Waals surface area contributed by atoms with E-state index in [-0.39, 0.29) is 17.4 Å². The smallest absolute Gasteiger partial charge is 0.224 e. The second-order valence-corrected chi connectivity index (χ2v) is 6.67. The molecule has 1 amide bonds. The number of hydrogen-bond acceptors (Lipinski definition) is 3. The molecular weight excluding hydrogens is 350 g/mol. The zero-order valence-corrected chi connectivity index (χ0v) is 15.5. The number of aromatic nitrogens is 2. The Morgan fingerprint density at radius 2 is 1.88 bits per heavy atom. The fraction of sp³-hybridized carbons (Fsp3) is 0.250. The largest absolute Gasteiger partial charge is 0.339 e. The van der Waals surface area contributed by atoms with Crippen LogP contribution in [0.2, 0.25) is 5.02 Å². The number of aryl methyl sites for hydroxylation is 1. The summed E-state index contributed by atoms with van der Waals surface area (Å²) in [7, 11) is 1.79. The lowest BCUT2D eigenvalue weighted by atomic mass is 10.1. The van der Waals surface area contributed by atoms with E-state index in [0.717, 1.165) is 11.1 Å². The first kappa shape index (κ1) is 18.1. The highest BCUT2D eigenvalue weighted by atomic mass is 35.5. The fourth-order valence-corrected chi connectivity index (χ4v) is 3.02. The number of carbonyl (C=O) groups is 1. The number of nitrogens with zero attached hydrogens (tertiary/aromatic N) is 3. The Bertz CT molecular complexity index is 982. The van der Waals surface area contributed by atoms with E-state index < -0.39 is 0 Å². The molecule has 26 heavy (non-hydrogen) atoms. The maximum atomic E-state index is 12.6. The summed E-state index contributed by atoms with van der Waals surface area (Å²) in [6.07, 6.45) is 1.60. The van der Waals surface area contributed by atoms with Gasteiger partial charge in [0.1, 0.15) is 0 Å². The number of amides is 1. The van der Waals surface area contributed by atoms with Crippen molar-refractivity contribution in [1.82, 2.24) is 14.7 Å². The molecule has 1 heterocycles. The molecule has 0 bridgehead atoms. The molecule has 0 radical (unpaired) electrons. The third-order valence-corrected chi connectivity index (χ3v) is 4.88. The van der Waals surface area contributed by atoms with Gasteiger partial charge in [0.25, 0.3) is 0 Å². The number of halogens is 1. The third kappa shape index (κ3) is 3.78. The minimum atomic E-state index is -0.114. The van der Waals surface area contributed by atoms with Crippen molar-refractivity contribution < 1.29 is 4.79 Å². The van der Waals surface area contributed by atoms with Crippen molar-refractivity contribution in [3.05, 3.63) is 75.5 Å². The molecule has 0 saturated carbocycles. The molecular formula is C20H20ClN3O2. The van der Waals surface area contributed by atoms with Gasteiger partial charge in [-0.25, -0.2) is 0 Å². The summed E-state index contributed by atoms with van der Waals surface area (Å²) < 4.78 is 1.70. The van der Waals surface area contributed by atoms with Gasteiger partial charge < -0.3 is 4.90 Å². The highest BCUT2D eigenvalue weighted by Crippen LogP contribution is 2.21. The van der Waals surface area contributed by atoms with Gasteiger partial charge in [0, 0.05) is 23.9 Å². The number of benzene rings is 2. The Labute approximate surface area is 156 Å². The molecule has 0 fully saturated rings. The highest BCUT2D eigenvalue weighted by molar-refractivity contribution is 6.30. The van der Waals surface area contributed by atoms with Crippen LogP contribution < -0.4 is 5.43 Å². The van der Waals surface area contributed by atoms with Crippen LogP contribution in [0.25, 0.3) is 10.9 Å². The number of para-hydroxylation sites is 1. The molecule has 3 rings (SSSR count). The quantitative estimate of drug-likeness (QED) is 0.689. The van der Waals surface area contributed by atoms with Crippen LogP contribution in [0.15, 0.2) is 59.5 Å². The molecule has 1 unspecified atom stereocenters. The minimum Gasteiger partial charge on any atom is -0.339 e. The molecule has 6 heteroatoms. The van der Waals surface area contributed by atoms with Gasteiger partial charge in [0.2, 0.25) is 11.3 Å². The first-order chi connectivity index (χ1) is 12.5. The van der Waals surface area contributed by atoms with E-state index in [2.05, 4.69) is 5.10 Å². The van der Waals surface area contributed by atoms with Crippen LogP contribution in [0, 0.1) is 0 Å². The SMILES string of the molecule is CC(c1ccc(Cl)cc1)N(C)C(=O)CCn1ncc(=O)c2ccccc21. The molecule has 1 aromatic heterocycles. The molecule has 0 aliphatic carbocycles. The molecule has 134 valence electrons. The zero-order chi connectivity index (χ0) is 18.7. The summed E-state index contributed by atoms with van der Waals surface area (Å²) >= 11 is 5.92. The summed E-state index contributed by atoms with van der Waals surface area (Å²) in [5.41, 5.74) is 1.65. The van der Waals surface area contributed by atoms with Crippen LogP contribution in [0.5, 0.6) is 0 Å². The third-order valence-electron chi connectivity index (χ3n) is 4.63. The fourth-order valence-electron chi connectivity index (χ4n) is 2.90. The van der Waals surface area contributed by atoms with Gasteiger partial charge in [0.05, 0.1) is 24.3 Å². The van der Waals surface area contributed by atoms with Gasteiger partial charge in [-0.05, 0) is 36.8 Å². The van der Waals surface area contributed by atoms with Gasteiger partial charge in [-0.15, -0.1) is 0 Å². The maximum Gasteiger partial charge on any atom is 0.224 e. The first-order valence-corrected chi connectivity index (χ1v) is 8.81. The van der Waals surface area contributed by atoms with E-state index in [0.29, 0.717) is 23.4 Å². The van der Waals surface area contributed by atoms with Crippen molar-refractivity contribution >= 4 is 28.4 Å². The summed E-state index contributed by atoms with van der Waals surface area (Å²) in [6.45, 7) is 2.39. The molecule has 3 aromatic rings. The highest BCUT2D eigenvalue weighted by Gasteiger charge is 2.17. The van der Waals surface area contributed by atoms with E-state index >= 15 is 0 Å². The Balaban J connectivity index is 1.71. The summed E-state index contributed by atoms with van der Waals surface area (Å²) in [5.74, 6) is 0.0111. The van der Waals surface area contributed by atoms with Gasteiger partial charge >= 0.3 is 0 Å². The molecule has 1 atom stereocenters. The second kappa shape index (κ2) is 7.70. The van der Waals surface area contributed by atoms with Gasteiger partial charge in [-0.1, -0.05) is 35.9 Å². The zero-order valence-electron chi connectivity index (χ0n) is 14.7. The predicted octanol–water partition coefficient (Wildman–Crippen LogP) is 3.66. The Morgan fingerprint density at radius 3 is 2.62 bits per heavy atom. The molecule has 0 aliphatic rings. The van der Waals surface area contributed by atoms with Crippen LogP contribution >= 0.6 is 11.6 Å². The Hall–Kier alpha value is -2.66. The lowest BCUT2D eigenvalue weighted by molar-refractivity contribution is -0.132. The average Bonchev–Trinajstić information content (AvgIpc) is 2.67. The van der Waals surface area contributed by atoms with E-state index in [1.54, 1.807) is 22.7 Å². The lowest BCUT2D eigenvalue weighted by Gasteiger charge is -2.25. The van der Waals surface area contributed by atoms with Gasteiger partial charge in [-0.2, -0.15) is 5.10 Å². The van der Waals surface area contributed by atoms with E-state index in [1.165, 1.54) is 6.20 Å². The van der Waals surface area contributed by atoms with Crippen molar-refractivity contribution in [2.45, 2.75) is 25.9 Å². The Morgan fingerprint density at radius 1 is 1.19 bits per heavy atom. The number of carbonyl (C=O) groups excluding carboxylic acids is 1. The standard InChI is InChI=1S/C20H20ClN3O2/c1-14(15-7-9-16(21)10-8-15)23(2)20(26)11-12-24-18-6-4-3-5-17(18)19(25)13-22-24/h3-10,13-14H,11-12H2,1-2H3. The second-order valence-electron chi connectivity index (χ2n) is 6.23. The molecule has 0 saturated heterocycles. The summed E-state index contributed by atoms with van der Waals surface area (Å²) in [6, 6.07) is 14.7. The van der Waals surface area contributed by atoms with Gasteiger partial charge in [0.15, 0.2) is 0 Å². The topological polar surface area (TPSA) is 55.2 Å². The van der Waals surface area contributed by atoms with Crippen LogP contribution in [-0.4, -0.2) is 27.6 Å².